The van der Waals surface area contributed by atoms with Crippen molar-refractivity contribution in [2.75, 3.05) is 19.1 Å². The first-order chi connectivity index (χ1) is 15.9. The van der Waals surface area contributed by atoms with Crippen LogP contribution in [0.25, 0.3) is 11.0 Å². The van der Waals surface area contributed by atoms with Gasteiger partial charge in [0.2, 0.25) is 10.9 Å². The van der Waals surface area contributed by atoms with E-state index in [4.69, 9.17) is 13.9 Å². The smallest absolute Gasteiger partial charge is 0.337 e. The molecule has 0 fully saturated rings. The summed E-state index contributed by atoms with van der Waals surface area (Å²) < 4.78 is 15.9. The van der Waals surface area contributed by atoms with Crippen LogP contribution >= 0.6 is 11.3 Å². The van der Waals surface area contributed by atoms with E-state index in [-0.39, 0.29) is 22.3 Å². The van der Waals surface area contributed by atoms with Crippen molar-refractivity contribution in [1.82, 2.24) is 10.2 Å². The first kappa shape index (κ1) is 20.8. The van der Waals surface area contributed by atoms with Gasteiger partial charge in [0.1, 0.15) is 16.3 Å². The summed E-state index contributed by atoms with van der Waals surface area (Å²) in [6, 6.07) is 10.6. The van der Waals surface area contributed by atoms with Gasteiger partial charge in [-0.05, 0) is 36.8 Å². The van der Waals surface area contributed by atoms with Crippen molar-refractivity contribution >= 4 is 39.3 Å². The molecule has 0 N–H and O–H groups in total. The lowest BCUT2D eigenvalue weighted by Gasteiger charge is -2.22. The van der Waals surface area contributed by atoms with Gasteiger partial charge in [-0.15, -0.1) is 10.2 Å². The van der Waals surface area contributed by atoms with E-state index < -0.39 is 17.9 Å². The second-order valence-electron chi connectivity index (χ2n) is 7.33. The van der Waals surface area contributed by atoms with E-state index in [9.17, 15) is 14.4 Å². The number of esters is 1. The van der Waals surface area contributed by atoms with E-state index in [1.54, 1.807) is 49.4 Å². The van der Waals surface area contributed by atoms with Crippen LogP contribution in [0.15, 0.2) is 51.7 Å². The molecular formula is C23H17N3O6S. The number of nitrogens with zero attached hydrogens (tertiary/aromatic N) is 3. The Morgan fingerprint density at radius 3 is 2.48 bits per heavy atom. The Hall–Kier alpha value is -4.05. The summed E-state index contributed by atoms with van der Waals surface area (Å²) in [7, 11) is 2.80. The van der Waals surface area contributed by atoms with Gasteiger partial charge in [-0.1, -0.05) is 23.5 Å². The van der Waals surface area contributed by atoms with Crippen LogP contribution in [0.3, 0.4) is 0 Å². The average molecular weight is 463 g/mol. The number of aromatic nitrogens is 2. The number of aryl methyl sites for hydroxylation is 1. The molecule has 3 heterocycles. The molecule has 0 spiro atoms. The van der Waals surface area contributed by atoms with Gasteiger partial charge in [0, 0.05) is 6.07 Å². The van der Waals surface area contributed by atoms with Gasteiger partial charge in [0.05, 0.1) is 36.8 Å². The summed E-state index contributed by atoms with van der Waals surface area (Å²) >= 11 is 1.23. The van der Waals surface area contributed by atoms with E-state index in [0.29, 0.717) is 32.4 Å². The Kier molecular flexibility index (Phi) is 4.94. The number of rotatable bonds is 4. The van der Waals surface area contributed by atoms with Gasteiger partial charge in [-0.3, -0.25) is 14.5 Å². The lowest BCUT2D eigenvalue weighted by Crippen LogP contribution is -2.29. The predicted octanol–water partition coefficient (Wildman–Crippen LogP) is 3.50. The second kappa shape index (κ2) is 7.82. The number of benzene rings is 2. The standard InChI is InChI=1S/C23H17N3O6S/c1-11-24-25-23(33-11)26-18(12-4-6-13(7-5-12)22(29)31-3)17-19(27)15-9-8-14(30-2)10-16(15)32-20(17)21(26)28/h4-10,18H,1-3H3/t18-/m1/s1. The number of carbonyl (C=O) groups is 2. The zero-order valence-electron chi connectivity index (χ0n) is 17.8. The van der Waals surface area contributed by atoms with Gasteiger partial charge in [0.25, 0.3) is 5.91 Å². The number of anilines is 1. The van der Waals surface area contributed by atoms with Crippen molar-refractivity contribution in [3.8, 4) is 5.75 Å². The highest BCUT2D eigenvalue weighted by molar-refractivity contribution is 7.15. The van der Waals surface area contributed by atoms with Crippen LogP contribution in [0.1, 0.15) is 43.1 Å². The molecule has 0 saturated carbocycles. The molecule has 0 saturated heterocycles. The van der Waals surface area contributed by atoms with Crippen LogP contribution in [-0.4, -0.2) is 36.3 Å². The normalized spacial score (nSPS) is 15.1. The third kappa shape index (κ3) is 3.26. The summed E-state index contributed by atoms with van der Waals surface area (Å²) in [4.78, 5) is 40.3. The highest BCUT2D eigenvalue weighted by atomic mass is 32.1. The molecule has 1 aliphatic rings. The van der Waals surface area contributed by atoms with Crippen molar-refractivity contribution in [3.05, 3.63) is 80.1 Å². The first-order valence-corrected chi connectivity index (χ1v) is 10.7. The molecule has 10 heteroatoms. The Morgan fingerprint density at radius 1 is 1.09 bits per heavy atom. The van der Waals surface area contributed by atoms with Crippen LogP contribution in [0.5, 0.6) is 5.75 Å². The number of hydrogen-bond acceptors (Lipinski definition) is 9. The van der Waals surface area contributed by atoms with Crippen LogP contribution in [0.2, 0.25) is 0 Å². The molecule has 1 atom stereocenters. The first-order valence-electron chi connectivity index (χ1n) is 9.89. The Balaban J connectivity index is 1.75. The van der Waals surface area contributed by atoms with Gasteiger partial charge in [-0.2, -0.15) is 0 Å². The largest absolute Gasteiger partial charge is 0.497 e. The molecule has 5 rings (SSSR count). The minimum atomic E-state index is -0.797. The molecular weight excluding hydrogens is 446 g/mol. The van der Waals surface area contributed by atoms with Crippen molar-refractivity contribution in [2.24, 2.45) is 0 Å². The summed E-state index contributed by atoms with van der Waals surface area (Å²) in [6.45, 7) is 1.78. The SMILES string of the molecule is COC(=O)c1ccc([C@@H]2c3c(oc4cc(OC)ccc4c3=O)C(=O)N2c2nnc(C)s2)cc1. The van der Waals surface area contributed by atoms with E-state index in [0.717, 1.165) is 0 Å². The Labute approximate surface area is 191 Å². The molecule has 1 aliphatic heterocycles. The van der Waals surface area contributed by atoms with Gasteiger partial charge in [-0.25, -0.2) is 4.79 Å². The third-order valence-electron chi connectivity index (χ3n) is 5.45. The molecule has 0 bridgehead atoms. The van der Waals surface area contributed by atoms with E-state index in [1.807, 2.05) is 0 Å². The minimum Gasteiger partial charge on any atom is -0.497 e. The topological polar surface area (TPSA) is 112 Å². The van der Waals surface area contributed by atoms with Crippen LogP contribution < -0.4 is 15.1 Å². The molecule has 1 amide bonds. The molecule has 33 heavy (non-hydrogen) atoms. The van der Waals surface area contributed by atoms with Gasteiger partial charge in [0.15, 0.2) is 5.43 Å². The van der Waals surface area contributed by atoms with Crippen molar-refractivity contribution < 1.29 is 23.5 Å². The number of fused-ring (bicyclic) bond motifs is 2. The van der Waals surface area contributed by atoms with E-state index in [1.165, 1.54) is 30.5 Å². The Bertz CT molecular complexity index is 1470. The fourth-order valence-corrected chi connectivity index (χ4v) is 4.61. The summed E-state index contributed by atoms with van der Waals surface area (Å²) in [5, 5.41) is 9.49. The number of ether oxygens (including phenoxy) is 2. The average Bonchev–Trinajstić information content (AvgIpc) is 3.39. The number of carbonyl (C=O) groups excluding carboxylic acids is 2. The zero-order chi connectivity index (χ0) is 23.3. The molecule has 0 unspecified atom stereocenters. The van der Waals surface area contributed by atoms with Crippen LogP contribution in [0.4, 0.5) is 5.13 Å². The maximum absolute atomic E-state index is 13.6. The van der Waals surface area contributed by atoms with Crippen LogP contribution in [-0.2, 0) is 4.74 Å². The highest BCUT2D eigenvalue weighted by Gasteiger charge is 2.45. The molecule has 0 aliphatic carbocycles. The fraction of sp³-hybridized carbons (Fsp3) is 0.174. The summed E-state index contributed by atoms with van der Waals surface area (Å²) in [5.41, 5.74) is 1.09. The van der Waals surface area contributed by atoms with Crippen molar-refractivity contribution in [3.63, 3.8) is 0 Å². The van der Waals surface area contributed by atoms with Gasteiger partial charge >= 0.3 is 5.97 Å². The molecule has 4 aromatic rings. The molecule has 0 radical (unpaired) electrons. The quantitative estimate of drug-likeness (QED) is 0.423. The highest BCUT2D eigenvalue weighted by Crippen LogP contribution is 2.42. The number of amides is 1. The number of hydrogen-bond donors (Lipinski definition) is 0. The van der Waals surface area contributed by atoms with Crippen molar-refractivity contribution in [1.29, 1.82) is 0 Å². The van der Waals surface area contributed by atoms with E-state index in [2.05, 4.69) is 10.2 Å². The second-order valence-corrected chi connectivity index (χ2v) is 8.49. The zero-order valence-corrected chi connectivity index (χ0v) is 18.6. The molecule has 166 valence electrons. The molecule has 2 aromatic heterocycles. The summed E-state index contributed by atoms with van der Waals surface area (Å²) in [6.07, 6.45) is 0. The lowest BCUT2D eigenvalue weighted by atomic mass is 9.97. The van der Waals surface area contributed by atoms with E-state index >= 15 is 0 Å². The monoisotopic (exact) mass is 463 g/mol. The lowest BCUT2D eigenvalue weighted by molar-refractivity contribution is 0.0600. The van der Waals surface area contributed by atoms with Crippen molar-refractivity contribution in [2.45, 2.75) is 13.0 Å². The molecule has 2 aromatic carbocycles. The summed E-state index contributed by atoms with van der Waals surface area (Å²) in [5.74, 6) is -0.538. The maximum Gasteiger partial charge on any atom is 0.337 e. The fourth-order valence-electron chi connectivity index (χ4n) is 3.89. The third-order valence-corrected chi connectivity index (χ3v) is 6.29. The number of methoxy groups -OCH3 is 2. The molecule has 9 nitrogen and oxygen atoms in total. The van der Waals surface area contributed by atoms with Crippen LogP contribution in [0, 0.1) is 6.92 Å². The Morgan fingerprint density at radius 2 is 1.85 bits per heavy atom. The maximum atomic E-state index is 13.6. The van der Waals surface area contributed by atoms with Gasteiger partial charge < -0.3 is 13.9 Å². The minimum absolute atomic E-state index is 0.0596. The predicted molar refractivity (Wildman–Crippen MR) is 120 cm³/mol.